The van der Waals surface area contributed by atoms with E-state index < -0.39 is 11.9 Å². The molecule has 1 saturated heterocycles. The second-order valence-corrected chi connectivity index (χ2v) is 7.99. The number of ether oxygens (including phenoxy) is 3. The van der Waals surface area contributed by atoms with Crippen LogP contribution in [-0.2, 0) is 14.2 Å². The molecule has 1 aliphatic heterocycles. The highest BCUT2D eigenvalue weighted by Crippen LogP contribution is 2.53. The Bertz CT molecular complexity index is 680. The van der Waals surface area contributed by atoms with Crippen LogP contribution < -0.4 is 0 Å². The molecule has 1 aromatic carbocycles. The number of rotatable bonds is 5. The molecular formula is C20H26O5. The SMILES string of the molecule is COC(=O)c1ccccc1C(=O)OCC(C)(C)C1CCC2(C)OC2C1. The van der Waals surface area contributed by atoms with Crippen LogP contribution in [0.1, 0.15) is 60.7 Å². The predicted octanol–water partition coefficient (Wildman–Crippen LogP) is 3.61. The van der Waals surface area contributed by atoms with Gasteiger partial charge in [-0.15, -0.1) is 0 Å². The fourth-order valence-electron chi connectivity index (χ4n) is 3.75. The smallest absolute Gasteiger partial charge is 0.339 e. The Morgan fingerprint density at radius 3 is 2.48 bits per heavy atom. The van der Waals surface area contributed by atoms with Crippen molar-refractivity contribution in [1.29, 1.82) is 0 Å². The van der Waals surface area contributed by atoms with Gasteiger partial charge >= 0.3 is 11.9 Å². The lowest BCUT2D eigenvalue weighted by atomic mass is 9.69. The topological polar surface area (TPSA) is 65.1 Å². The number of carbonyl (C=O) groups excluding carboxylic acids is 2. The van der Waals surface area contributed by atoms with E-state index in [0.29, 0.717) is 18.6 Å². The first-order valence-electron chi connectivity index (χ1n) is 8.79. The van der Waals surface area contributed by atoms with Gasteiger partial charge in [0.05, 0.1) is 36.5 Å². The summed E-state index contributed by atoms with van der Waals surface area (Å²) in [7, 11) is 1.30. The standard InChI is InChI=1S/C20H26O5/c1-19(2,13-9-10-20(3)16(11-13)25-20)12-24-18(22)15-8-6-5-7-14(15)17(21)23-4/h5-8,13,16H,9-12H2,1-4H3. The second kappa shape index (κ2) is 6.45. The van der Waals surface area contributed by atoms with E-state index >= 15 is 0 Å². The highest BCUT2D eigenvalue weighted by Gasteiger charge is 2.57. The number of methoxy groups -OCH3 is 1. The fraction of sp³-hybridized carbons (Fsp3) is 0.600. The molecule has 1 aromatic rings. The summed E-state index contributed by atoms with van der Waals surface area (Å²) in [5, 5.41) is 0. The summed E-state index contributed by atoms with van der Waals surface area (Å²) in [6, 6.07) is 6.56. The number of hydrogen-bond acceptors (Lipinski definition) is 5. The molecule has 0 N–H and O–H groups in total. The van der Waals surface area contributed by atoms with E-state index in [0.717, 1.165) is 19.3 Å². The Hall–Kier alpha value is -1.88. The summed E-state index contributed by atoms with van der Waals surface area (Å²) >= 11 is 0. The molecular weight excluding hydrogens is 320 g/mol. The van der Waals surface area contributed by atoms with Gasteiger partial charge in [0.2, 0.25) is 0 Å². The number of hydrogen-bond donors (Lipinski definition) is 0. The summed E-state index contributed by atoms with van der Waals surface area (Å²) in [6.45, 7) is 6.74. The van der Waals surface area contributed by atoms with Crippen molar-refractivity contribution in [2.24, 2.45) is 11.3 Å². The predicted molar refractivity (Wildman–Crippen MR) is 92.5 cm³/mol. The van der Waals surface area contributed by atoms with Gasteiger partial charge in [-0.1, -0.05) is 26.0 Å². The quantitative estimate of drug-likeness (QED) is 0.602. The van der Waals surface area contributed by atoms with Gasteiger partial charge in [0.15, 0.2) is 0 Å². The van der Waals surface area contributed by atoms with E-state index in [1.54, 1.807) is 24.3 Å². The third kappa shape index (κ3) is 3.56. The molecule has 1 aliphatic carbocycles. The average molecular weight is 346 g/mol. The number of fused-ring (bicyclic) bond motifs is 1. The van der Waals surface area contributed by atoms with Crippen molar-refractivity contribution in [3.8, 4) is 0 Å². The van der Waals surface area contributed by atoms with Crippen LogP contribution in [0.4, 0.5) is 0 Å². The normalized spacial score (nSPS) is 28.0. The lowest BCUT2D eigenvalue weighted by molar-refractivity contribution is 0.0158. The molecule has 25 heavy (non-hydrogen) atoms. The van der Waals surface area contributed by atoms with Crippen LogP contribution in [0.2, 0.25) is 0 Å². The maximum Gasteiger partial charge on any atom is 0.339 e. The van der Waals surface area contributed by atoms with Crippen LogP contribution in [0.3, 0.4) is 0 Å². The van der Waals surface area contributed by atoms with E-state index in [1.807, 2.05) is 0 Å². The zero-order valence-electron chi connectivity index (χ0n) is 15.3. The largest absolute Gasteiger partial charge is 0.465 e. The van der Waals surface area contributed by atoms with Crippen molar-refractivity contribution < 1.29 is 23.8 Å². The van der Waals surface area contributed by atoms with Crippen LogP contribution in [0, 0.1) is 11.3 Å². The monoisotopic (exact) mass is 346 g/mol. The molecule has 2 fully saturated rings. The van der Waals surface area contributed by atoms with Gasteiger partial charge in [0.1, 0.15) is 0 Å². The van der Waals surface area contributed by atoms with Gasteiger partial charge in [0.25, 0.3) is 0 Å². The Labute approximate surface area is 148 Å². The van der Waals surface area contributed by atoms with E-state index in [2.05, 4.69) is 20.8 Å². The maximum atomic E-state index is 12.5. The van der Waals surface area contributed by atoms with Gasteiger partial charge in [-0.25, -0.2) is 9.59 Å². The third-order valence-electron chi connectivity index (χ3n) is 5.76. The zero-order valence-corrected chi connectivity index (χ0v) is 15.3. The highest BCUT2D eigenvalue weighted by molar-refractivity contribution is 6.03. The summed E-state index contributed by atoms with van der Waals surface area (Å²) in [5.41, 5.74) is 0.422. The molecule has 0 aromatic heterocycles. The lowest BCUT2D eigenvalue weighted by Gasteiger charge is -2.36. The van der Waals surface area contributed by atoms with Crippen LogP contribution in [-0.4, -0.2) is 37.4 Å². The average Bonchev–Trinajstić information content (AvgIpc) is 3.29. The number of benzene rings is 1. The van der Waals surface area contributed by atoms with E-state index in [1.165, 1.54) is 7.11 Å². The number of epoxide rings is 1. The molecule has 1 saturated carbocycles. The first kappa shape index (κ1) is 17.9. The zero-order chi connectivity index (χ0) is 18.2. The van der Waals surface area contributed by atoms with E-state index in [-0.39, 0.29) is 22.1 Å². The third-order valence-corrected chi connectivity index (χ3v) is 5.76. The Kier molecular flexibility index (Phi) is 4.62. The molecule has 1 heterocycles. The van der Waals surface area contributed by atoms with Crippen LogP contribution in [0.25, 0.3) is 0 Å². The minimum atomic E-state index is -0.538. The second-order valence-electron chi connectivity index (χ2n) is 7.99. The molecule has 3 atom stereocenters. The van der Waals surface area contributed by atoms with Gasteiger partial charge in [-0.2, -0.15) is 0 Å². The maximum absolute atomic E-state index is 12.5. The molecule has 3 rings (SSSR count). The molecule has 5 nitrogen and oxygen atoms in total. The van der Waals surface area contributed by atoms with Crippen LogP contribution >= 0.6 is 0 Å². The van der Waals surface area contributed by atoms with Crippen molar-refractivity contribution in [2.45, 2.75) is 51.7 Å². The molecule has 136 valence electrons. The molecule has 5 heteroatoms. The lowest BCUT2D eigenvalue weighted by Crippen LogP contribution is -2.35. The minimum absolute atomic E-state index is 0.0860. The van der Waals surface area contributed by atoms with Crippen molar-refractivity contribution in [2.75, 3.05) is 13.7 Å². The van der Waals surface area contributed by atoms with E-state index in [4.69, 9.17) is 14.2 Å². The summed E-state index contributed by atoms with van der Waals surface area (Å²) in [4.78, 5) is 24.3. The van der Waals surface area contributed by atoms with Gasteiger partial charge in [-0.3, -0.25) is 0 Å². The molecule has 3 unspecified atom stereocenters. The fourth-order valence-corrected chi connectivity index (χ4v) is 3.75. The number of carbonyl (C=O) groups is 2. The highest BCUT2D eigenvalue weighted by atomic mass is 16.6. The van der Waals surface area contributed by atoms with Crippen molar-refractivity contribution in [1.82, 2.24) is 0 Å². The summed E-state index contributed by atoms with van der Waals surface area (Å²) in [5.74, 6) is -0.571. The molecule has 0 spiro atoms. The summed E-state index contributed by atoms with van der Waals surface area (Å²) in [6.07, 6.45) is 3.50. The Morgan fingerprint density at radius 1 is 1.24 bits per heavy atom. The Morgan fingerprint density at radius 2 is 1.88 bits per heavy atom. The number of esters is 2. The first-order valence-corrected chi connectivity index (χ1v) is 8.79. The van der Waals surface area contributed by atoms with E-state index in [9.17, 15) is 9.59 Å². The molecule has 0 amide bonds. The van der Waals surface area contributed by atoms with Crippen molar-refractivity contribution in [3.05, 3.63) is 35.4 Å². The molecule has 2 aliphatic rings. The van der Waals surface area contributed by atoms with Crippen molar-refractivity contribution >= 4 is 11.9 Å². The Balaban J connectivity index is 1.63. The van der Waals surface area contributed by atoms with Crippen LogP contribution in [0.15, 0.2) is 24.3 Å². The van der Waals surface area contributed by atoms with Gasteiger partial charge < -0.3 is 14.2 Å². The first-order chi connectivity index (χ1) is 11.8. The molecule has 0 radical (unpaired) electrons. The van der Waals surface area contributed by atoms with Crippen LogP contribution in [0.5, 0.6) is 0 Å². The molecule has 0 bridgehead atoms. The summed E-state index contributed by atoms with van der Waals surface area (Å²) < 4.78 is 16.1. The van der Waals surface area contributed by atoms with Gasteiger partial charge in [0, 0.05) is 5.41 Å². The van der Waals surface area contributed by atoms with Gasteiger partial charge in [-0.05, 0) is 44.2 Å². The minimum Gasteiger partial charge on any atom is -0.465 e. The van der Waals surface area contributed by atoms with Crippen molar-refractivity contribution in [3.63, 3.8) is 0 Å².